The van der Waals surface area contributed by atoms with Gasteiger partial charge in [-0.25, -0.2) is 13.4 Å². The molecule has 1 aromatic heterocycles. The van der Waals surface area contributed by atoms with E-state index in [0.29, 0.717) is 48.6 Å². The number of aliphatic hydroxyl groups is 1. The summed E-state index contributed by atoms with van der Waals surface area (Å²) in [5, 5.41) is 22.6. The molecule has 1 saturated heterocycles. The first-order chi connectivity index (χ1) is 17.8. The first-order valence-electron chi connectivity index (χ1n) is 12.2. The molecule has 0 bridgehead atoms. The number of pyridine rings is 1. The molecule has 0 radical (unpaired) electrons. The fourth-order valence-electron chi connectivity index (χ4n) is 4.90. The third-order valence-corrected chi connectivity index (χ3v) is 9.16. The van der Waals surface area contributed by atoms with Crippen molar-refractivity contribution in [1.29, 1.82) is 0 Å². The third-order valence-electron chi connectivity index (χ3n) is 7.20. The van der Waals surface area contributed by atoms with Gasteiger partial charge in [-0.1, -0.05) is 24.3 Å². The third kappa shape index (κ3) is 4.68. The van der Waals surface area contributed by atoms with Gasteiger partial charge in [0.2, 0.25) is 15.9 Å². The van der Waals surface area contributed by atoms with Gasteiger partial charge < -0.3 is 20.3 Å². The van der Waals surface area contributed by atoms with Crippen LogP contribution in [-0.4, -0.2) is 60.1 Å². The monoisotopic (exact) mass is 523 g/mol. The molecule has 1 atom stereocenters. The second-order valence-electron chi connectivity index (χ2n) is 9.45. The summed E-state index contributed by atoms with van der Waals surface area (Å²) in [6, 6.07) is 16.3. The summed E-state index contributed by atoms with van der Waals surface area (Å²) < 4.78 is 32.5. The van der Waals surface area contributed by atoms with Crippen LogP contribution in [0.15, 0.2) is 65.6 Å². The number of carbonyl (C=O) groups excluding carboxylic acids is 1. The number of amides is 1. The minimum Gasteiger partial charge on any atom is -0.504 e. The molecule has 194 valence electrons. The summed E-state index contributed by atoms with van der Waals surface area (Å²) in [6.45, 7) is 0.205. The molecule has 2 fully saturated rings. The molecule has 3 aromatic rings. The Hall–Kier alpha value is -3.47. The molecule has 2 heterocycles. The van der Waals surface area contributed by atoms with Crippen molar-refractivity contribution in [3.63, 3.8) is 0 Å². The zero-order valence-corrected chi connectivity index (χ0v) is 21.2. The van der Waals surface area contributed by atoms with Crippen molar-refractivity contribution in [2.75, 3.05) is 25.6 Å². The molecular formula is C27H29N3O6S. The molecule has 9 nitrogen and oxygen atoms in total. The SMILES string of the molecule is COc1ccc(C2(C(=O)Nc3cccc(-c4ccc(S(=O)(=O)N5CCCC5CO)cc4)n3)CC2)cc1O. The first-order valence-corrected chi connectivity index (χ1v) is 13.6. The highest BCUT2D eigenvalue weighted by Gasteiger charge is 2.51. The number of phenols is 1. The van der Waals surface area contributed by atoms with Crippen LogP contribution in [0.5, 0.6) is 11.5 Å². The van der Waals surface area contributed by atoms with Crippen molar-refractivity contribution in [3.8, 4) is 22.8 Å². The van der Waals surface area contributed by atoms with Crippen molar-refractivity contribution in [3.05, 3.63) is 66.2 Å². The highest BCUT2D eigenvalue weighted by Crippen LogP contribution is 2.50. The Morgan fingerprint density at radius 3 is 2.57 bits per heavy atom. The average Bonchev–Trinajstić information content (AvgIpc) is 3.58. The molecule has 1 unspecified atom stereocenters. The van der Waals surface area contributed by atoms with E-state index in [2.05, 4.69) is 10.3 Å². The van der Waals surface area contributed by atoms with E-state index in [-0.39, 0.29) is 29.2 Å². The molecule has 0 spiro atoms. The molecule has 1 amide bonds. The number of aliphatic hydroxyl groups excluding tert-OH is 1. The first kappa shape index (κ1) is 25.2. The summed E-state index contributed by atoms with van der Waals surface area (Å²) in [5.74, 6) is 0.515. The number of benzene rings is 2. The quantitative estimate of drug-likeness (QED) is 0.413. The Balaban J connectivity index is 1.33. The van der Waals surface area contributed by atoms with E-state index >= 15 is 0 Å². The van der Waals surface area contributed by atoms with Crippen LogP contribution in [0, 0.1) is 0 Å². The van der Waals surface area contributed by atoms with Gasteiger partial charge in [-0.05, 0) is 67.6 Å². The predicted molar refractivity (Wildman–Crippen MR) is 138 cm³/mol. The highest BCUT2D eigenvalue weighted by atomic mass is 32.2. The Kier molecular flexibility index (Phi) is 6.65. The van der Waals surface area contributed by atoms with E-state index in [4.69, 9.17) is 4.74 Å². The number of ether oxygens (including phenoxy) is 1. The van der Waals surface area contributed by atoms with E-state index < -0.39 is 15.4 Å². The standard InChI is InChI=1S/C27H29N3O6S/c1-36-24-12-9-19(16-23(24)32)27(13-14-27)26(33)29-25-6-2-5-22(28-25)18-7-10-21(11-8-18)37(34,35)30-15-3-4-20(30)17-31/h2,5-12,16,20,31-32H,3-4,13-15,17H2,1H3,(H,28,29,33). The lowest BCUT2D eigenvalue weighted by molar-refractivity contribution is -0.118. The number of nitrogens with one attached hydrogen (secondary N) is 1. The van der Waals surface area contributed by atoms with Crippen LogP contribution < -0.4 is 10.1 Å². The summed E-state index contributed by atoms with van der Waals surface area (Å²) in [4.78, 5) is 17.9. The van der Waals surface area contributed by atoms with Gasteiger partial charge in [0.25, 0.3) is 0 Å². The van der Waals surface area contributed by atoms with Gasteiger partial charge in [-0.2, -0.15) is 4.31 Å². The van der Waals surface area contributed by atoms with Crippen molar-refractivity contribution in [2.24, 2.45) is 0 Å². The maximum absolute atomic E-state index is 13.2. The lowest BCUT2D eigenvalue weighted by atomic mass is 9.94. The zero-order chi connectivity index (χ0) is 26.2. The average molecular weight is 524 g/mol. The second kappa shape index (κ2) is 9.77. The molecule has 1 aliphatic heterocycles. The molecule has 1 saturated carbocycles. The normalized spacial score (nSPS) is 18.9. The van der Waals surface area contributed by atoms with Crippen LogP contribution in [0.1, 0.15) is 31.2 Å². The summed E-state index contributed by atoms with van der Waals surface area (Å²) in [7, 11) is -2.22. The molecule has 3 N–H and O–H groups in total. The van der Waals surface area contributed by atoms with Crippen LogP contribution in [0.3, 0.4) is 0 Å². The Bertz CT molecular complexity index is 1420. The molecule has 1 aliphatic carbocycles. The molecular weight excluding hydrogens is 494 g/mol. The van der Waals surface area contributed by atoms with Gasteiger partial charge in [-0.3, -0.25) is 4.79 Å². The highest BCUT2D eigenvalue weighted by molar-refractivity contribution is 7.89. The van der Waals surface area contributed by atoms with Crippen molar-refractivity contribution < 1.29 is 28.2 Å². The molecule has 2 aromatic carbocycles. The zero-order valence-electron chi connectivity index (χ0n) is 20.4. The van der Waals surface area contributed by atoms with Crippen LogP contribution in [0.4, 0.5) is 5.82 Å². The lowest BCUT2D eigenvalue weighted by Crippen LogP contribution is -2.37. The lowest BCUT2D eigenvalue weighted by Gasteiger charge is -2.22. The number of hydrogen-bond donors (Lipinski definition) is 3. The van der Waals surface area contributed by atoms with E-state index in [9.17, 15) is 23.4 Å². The molecule has 2 aliphatic rings. The number of aromatic nitrogens is 1. The number of methoxy groups -OCH3 is 1. The maximum atomic E-state index is 13.2. The Morgan fingerprint density at radius 2 is 1.92 bits per heavy atom. The largest absolute Gasteiger partial charge is 0.504 e. The summed E-state index contributed by atoms with van der Waals surface area (Å²) >= 11 is 0. The van der Waals surface area contributed by atoms with Gasteiger partial charge in [0.1, 0.15) is 5.82 Å². The van der Waals surface area contributed by atoms with Gasteiger partial charge in [0.15, 0.2) is 11.5 Å². The molecule has 10 heteroatoms. The molecule has 5 rings (SSSR count). The van der Waals surface area contributed by atoms with Crippen LogP contribution in [0.25, 0.3) is 11.3 Å². The number of rotatable bonds is 8. The number of anilines is 1. The van der Waals surface area contributed by atoms with E-state index in [1.54, 1.807) is 60.7 Å². The smallest absolute Gasteiger partial charge is 0.243 e. The number of aromatic hydroxyl groups is 1. The van der Waals surface area contributed by atoms with E-state index in [1.165, 1.54) is 11.4 Å². The minimum atomic E-state index is -3.70. The van der Waals surface area contributed by atoms with Crippen LogP contribution in [-0.2, 0) is 20.2 Å². The van der Waals surface area contributed by atoms with Gasteiger partial charge in [-0.15, -0.1) is 0 Å². The van der Waals surface area contributed by atoms with Gasteiger partial charge >= 0.3 is 0 Å². The maximum Gasteiger partial charge on any atom is 0.243 e. The van der Waals surface area contributed by atoms with Crippen LogP contribution in [0.2, 0.25) is 0 Å². The van der Waals surface area contributed by atoms with Crippen LogP contribution >= 0.6 is 0 Å². The number of phenolic OH excluding ortho intramolecular Hbond substituents is 1. The van der Waals surface area contributed by atoms with Crippen molar-refractivity contribution in [2.45, 2.75) is 42.0 Å². The summed E-state index contributed by atoms with van der Waals surface area (Å²) in [6.07, 6.45) is 2.70. The summed E-state index contributed by atoms with van der Waals surface area (Å²) in [5.41, 5.74) is 1.29. The number of nitrogens with zero attached hydrogens (tertiary/aromatic N) is 2. The number of hydrogen-bond acceptors (Lipinski definition) is 7. The fourth-order valence-corrected chi connectivity index (χ4v) is 6.59. The van der Waals surface area contributed by atoms with E-state index in [0.717, 1.165) is 12.0 Å². The Labute approximate surface area is 215 Å². The second-order valence-corrected chi connectivity index (χ2v) is 11.3. The predicted octanol–water partition coefficient (Wildman–Crippen LogP) is 3.28. The van der Waals surface area contributed by atoms with Crippen molar-refractivity contribution in [1.82, 2.24) is 9.29 Å². The topological polar surface area (TPSA) is 129 Å². The fraction of sp³-hybridized carbons (Fsp3) is 0.333. The van der Waals surface area contributed by atoms with E-state index in [1.807, 2.05) is 0 Å². The van der Waals surface area contributed by atoms with Crippen molar-refractivity contribution >= 4 is 21.7 Å². The van der Waals surface area contributed by atoms with Gasteiger partial charge in [0, 0.05) is 18.2 Å². The minimum absolute atomic E-state index is 0.0127. The molecule has 37 heavy (non-hydrogen) atoms. The number of carbonyl (C=O) groups is 1. The van der Waals surface area contributed by atoms with Gasteiger partial charge in [0.05, 0.1) is 29.7 Å². The number of sulfonamides is 1. The Morgan fingerprint density at radius 1 is 1.16 bits per heavy atom.